The van der Waals surface area contributed by atoms with Gasteiger partial charge >= 0.3 is 0 Å². The first-order valence-electron chi connectivity index (χ1n) is 4.98. The van der Waals surface area contributed by atoms with E-state index < -0.39 is 0 Å². The quantitative estimate of drug-likeness (QED) is 0.693. The number of nitrogens with zero attached hydrogens (tertiary/aromatic N) is 1. The molecule has 0 saturated carbocycles. The van der Waals surface area contributed by atoms with Gasteiger partial charge in [-0.15, -0.1) is 0 Å². The first-order chi connectivity index (χ1) is 7.81. The van der Waals surface area contributed by atoms with Crippen molar-refractivity contribution in [1.29, 1.82) is 5.26 Å². The minimum atomic E-state index is 0.630. The summed E-state index contributed by atoms with van der Waals surface area (Å²) in [5, 5.41) is 9.86. The van der Waals surface area contributed by atoms with E-state index in [2.05, 4.69) is 6.07 Å². The van der Waals surface area contributed by atoms with Crippen LogP contribution >= 0.6 is 11.6 Å². The number of hydrogen-bond acceptors (Lipinski definition) is 2. The summed E-state index contributed by atoms with van der Waals surface area (Å²) in [6.07, 6.45) is 4.24. The highest BCUT2D eigenvalue weighted by Gasteiger charge is 2.09. The number of rotatable bonds is 1. The number of nitriles is 1. The number of ether oxygens (including phenoxy) is 1. The molecule has 3 heteroatoms. The highest BCUT2D eigenvalue weighted by molar-refractivity contribution is 6.30. The van der Waals surface area contributed by atoms with Crippen molar-refractivity contribution in [2.24, 2.45) is 0 Å². The Morgan fingerprint density at radius 1 is 1.31 bits per heavy atom. The zero-order chi connectivity index (χ0) is 11.4. The molecule has 0 bridgehead atoms. The summed E-state index contributed by atoms with van der Waals surface area (Å²) in [4.78, 5) is 0. The molecule has 0 spiro atoms. The molecule has 1 aliphatic rings. The Balaban J connectivity index is 2.43. The lowest BCUT2D eigenvalue weighted by Gasteiger charge is -2.11. The van der Waals surface area contributed by atoms with E-state index in [9.17, 15) is 5.26 Å². The Kier molecular flexibility index (Phi) is 3.28. The van der Waals surface area contributed by atoms with Crippen molar-refractivity contribution in [3.8, 4) is 6.07 Å². The molecule has 0 amide bonds. The smallest absolute Gasteiger partial charge is 0.100 e. The molecule has 1 aliphatic heterocycles. The van der Waals surface area contributed by atoms with Gasteiger partial charge in [-0.1, -0.05) is 23.7 Å². The average molecular weight is 232 g/mol. The van der Waals surface area contributed by atoms with Crippen molar-refractivity contribution < 1.29 is 4.74 Å². The maximum Gasteiger partial charge on any atom is 0.100 e. The van der Waals surface area contributed by atoms with Gasteiger partial charge in [0.25, 0.3) is 0 Å². The van der Waals surface area contributed by atoms with Gasteiger partial charge in [0.2, 0.25) is 0 Å². The van der Waals surface area contributed by atoms with Crippen LogP contribution in [0.3, 0.4) is 0 Å². The Labute approximate surface area is 99.4 Å². The zero-order valence-corrected chi connectivity index (χ0v) is 9.37. The molecule has 2 nitrogen and oxygen atoms in total. The van der Waals surface area contributed by atoms with Gasteiger partial charge in [0, 0.05) is 11.4 Å². The van der Waals surface area contributed by atoms with Crippen LogP contribution in [0.5, 0.6) is 0 Å². The standard InChI is InChI=1S/C13H10ClNO/c14-12-3-1-10(2-4-12)13(9-15)11-5-7-16-8-6-11/h1-5,7H,6,8H2. The van der Waals surface area contributed by atoms with Crippen LogP contribution in [0.4, 0.5) is 0 Å². The van der Waals surface area contributed by atoms with Crippen LogP contribution in [0.25, 0.3) is 5.57 Å². The van der Waals surface area contributed by atoms with E-state index in [0.29, 0.717) is 17.2 Å². The number of halogens is 1. The lowest BCUT2D eigenvalue weighted by Crippen LogP contribution is -1.98. The zero-order valence-electron chi connectivity index (χ0n) is 8.61. The molecule has 0 aromatic heterocycles. The van der Waals surface area contributed by atoms with Crippen LogP contribution in [0.2, 0.25) is 5.02 Å². The van der Waals surface area contributed by atoms with E-state index in [1.807, 2.05) is 18.2 Å². The molecule has 0 radical (unpaired) electrons. The maximum atomic E-state index is 9.19. The number of hydrogen-bond donors (Lipinski definition) is 0. The lowest BCUT2D eigenvalue weighted by molar-refractivity contribution is 0.245. The molecule has 1 heterocycles. The first-order valence-corrected chi connectivity index (χ1v) is 5.36. The Bertz CT molecular complexity index is 480. The predicted octanol–water partition coefficient (Wildman–Crippen LogP) is 3.55. The fourth-order valence-electron chi connectivity index (χ4n) is 1.60. The molecule has 0 N–H and O–H groups in total. The van der Waals surface area contributed by atoms with Gasteiger partial charge in [0.1, 0.15) is 6.07 Å². The molecule has 2 rings (SSSR count). The fourth-order valence-corrected chi connectivity index (χ4v) is 1.72. The van der Waals surface area contributed by atoms with Crippen molar-refractivity contribution in [2.75, 3.05) is 6.61 Å². The van der Waals surface area contributed by atoms with E-state index in [1.54, 1.807) is 18.4 Å². The van der Waals surface area contributed by atoms with Gasteiger partial charge in [-0.25, -0.2) is 0 Å². The molecule has 0 atom stereocenters. The van der Waals surface area contributed by atoms with Crippen molar-refractivity contribution in [1.82, 2.24) is 0 Å². The molecule has 0 unspecified atom stereocenters. The van der Waals surface area contributed by atoms with Gasteiger partial charge in [0.15, 0.2) is 0 Å². The second kappa shape index (κ2) is 4.87. The summed E-state index contributed by atoms with van der Waals surface area (Å²) in [7, 11) is 0. The minimum Gasteiger partial charge on any atom is -0.501 e. The number of benzene rings is 1. The van der Waals surface area contributed by atoms with Crippen molar-refractivity contribution >= 4 is 17.2 Å². The third-order valence-electron chi connectivity index (χ3n) is 2.42. The second-order valence-corrected chi connectivity index (χ2v) is 3.88. The molecular weight excluding hydrogens is 222 g/mol. The van der Waals surface area contributed by atoms with Gasteiger partial charge < -0.3 is 4.74 Å². The largest absolute Gasteiger partial charge is 0.501 e. The van der Waals surface area contributed by atoms with E-state index in [-0.39, 0.29) is 0 Å². The highest BCUT2D eigenvalue weighted by atomic mass is 35.5. The van der Waals surface area contributed by atoms with E-state index in [4.69, 9.17) is 16.3 Å². The topological polar surface area (TPSA) is 33.0 Å². The molecule has 80 valence electrons. The van der Waals surface area contributed by atoms with Crippen LogP contribution < -0.4 is 0 Å². The molecule has 16 heavy (non-hydrogen) atoms. The highest BCUT2D eigenvalue weighted by Crippen LogP contribution is 2.24. The van der Waals surface area contributed by atoms with E-state index in [0.717, 1.165) is 17.6 Å². The maximum absolute atomic E-state index is 9.19. The van der Waals surface area contributed by atoms with Crippen LogP contribution in [0, 0.1) is 11.3 Å². The average Bonchev–Trinajstić information content (AvgIpc) is 2.34. The number of allylic oxidation sites excluding steroid dienone is 2. The van der Waals surface area contributed by atoms with Gasteiger partial charge in [-0.05, 0) is 29.3 Å². The third-order valence-corrected chi connectivity index (χ3v) is 2.67. The van der Waals surface area contributed by atoms with Crippen molar-refractivity contribution in [3.63, 3.8) is 0 Å². The molecular formula is C13H10ClNO. The molecule has 1 aromatic rings. The van der Waals surface area contributed by atoms with E-state index >= 15 is 0 Å². The Morgan fingerprint density at radius 2 is 2.06 bits per heavy atom. The molecule has 0 aliphatic carbocycles. The Morgan fingerprint density at radius 3 is 2.62 bits per heavy atom. The monoisotopic (exact) mass is 231 g/mol. The van der Waals surface area contributed by atoms with Gasteiger partial charge in [-0.2, -0.15) is 5.26 Å². The van der Waals surface area contributed by atoms with E-state index in [1.165, 1.54) is 0 Å². The Hall–Kier alpha value is -1.72. The van der Waals surface area contributed by atoms with Crippen LogP contribution in [0.15, 0.2) is 42.2 Å². The predicted molar refractivity (Wildman–Crippen MR) is 63.7 cm³/mol. The summed E-state index contributed by atoms with van der Waals surface area (Å²) >= 11 is 5.81. The van der Waals surface area contributed by atoms with Crippen molar-refractivity contribution in [3.05, 3.63) is 52.8 Å². The normalized spacial score (nSPS) is 17.5. The summed E-state index contributed by atoms with van der Waals surface area (Å²) in [6, 6.07) is 9.53. The SMILES string of the molecule is N#CC(=C1C=COCC1)c1ccc(Cl)cc1. The fraction of sp³-hybridized carbons (Fsp3) is 0.154. The van der Waals surface area contributed by atoms with Gasteiger partial charge in [-0.3, -0.25) is 0 Å². The molecule has 0 saturated heterocycles. The molecule has 1 aromatic carbocycles. The first kappa shape index (κ1) is 10.8. The second-order valence-electron chi connectivity index (χ2n) is 3.44. The summed E-state index contributed by atoms with van der Waals surface area (Å²) in [5.74, 6) is 0. The lowest BCUT2D eigenvalue weighted by atomic mass is 9.98. The summed E-state index contributed by atoms with van der Waals surface area (Å²) in [5.41, 5.74) is 2.60. The molecule has 0 fully saturated rings. The van der Waals surface area contributed by atoms with Crippen LogP contribution in [0.1, 0.15) is 12.0 Å². The van der Waals surface area contributed by atoms with Crippen LogP contribution in [-0.2, 0) is 4.74 Å². The minimum absolute atomic E-state index is 0.630. The summed E-state index contributed by atoms with van der Waals surface area (Å²) in [6.45, 7) is 0.630. The van der Waals surface area contributed by atoms with Crippen molar-refractivity contribution in [2.45, 2.75) is 6.42 Å². The van der Waals surface area contributed by atoms with Crippen LogP contribution in [-0.4, -0.2) is 6.61 Å². The third kappa shape index (κ3) is 2.26. The van der Waals surface area contributed by atoms with Gasteiger partial charge in [0.05, 0.1) is 18.4 Å². The summed E-state index contributed by atoms with van der Waals surface area (Å²) < 4.78 is 5.10.